The summed E-state index contributed by atoms with van der Waals surface area (Å²) in [5, 5.41) is 3.09. The lowest BCUT2D eigenvalue weighted by atomic mass is 10.2. The van der Waals surface area contributed by atoms with Crippen molar-refractivity contribution in [1.82, 2.24) is 0 Å². The zero-order chi connectivity index (χ0) is 14.5. The van der Waals surface area contributed by atoms with Crippen LogP contribution in [0.2, 0.25) is 5.02 Å². The third-order valence-corrected chi connectivity index (χ3v) is 3.20. The van der Waals surface area contributed by atoms with E-state index in [9.17, 15) is 4.39 Å². The Morgan fingerprint density at radius 2 is 1.95 bits per heavy atom. The first-order chi connectivity index (χ1) is 9.65. The molecule has 2 rings (SSSR count). The first kappa shape index (κ1) is 14.5. The highest BCUT2D eigenvalue weighted by atomic mass is 35.5. The number of hydrogen-bond donors (Lipinski definition) is 1. The number of ether oxygens (including phenoxy) is 2. The smallest absolute Gasteiger partial charge is 0.164 e. The normalized spacial score (nSPS) is 10.2. The van der Waals surface area contributed by atoms with Crippen LogP contribution >= 0.6 is 11.6 Å². The predicted molar refractivity (Wildman–Crippen MR) is 78.3 cm³/mol. The molecule has 3 nitrogen and oxygen atoms in total. The van der Waals surface area contributed by atoms with Crippen molar-refractivity contribution in [2.24, 2.45) is 0 Å². The number of halogens is 2. The van der Waals surface area contributed by atoms with Crippen molar-refractivity contribution in [3.05, 3.63) is 52.8 Å². The second-order valence-corrected chi connectivity index (χ2v) is 4.54. The number of methoxy groups -OCH3 is 2. The van der Waals surface area contributed by atoms with Crippen molar-refractivity contribution in [2.45, 2.75) is 6.54 Å². The number of rotatable bonds is 5. The largest absolute Gasteiger partial charge is 0.497 e. The van der Waals surface area contributed by atoms with Gasteiger partial charge in [0, 0.05) is 12.1 Å². The van der Waals surface area contributed by atoms with Gasteiger partial charge in [-0.15, -0.1) is 0 Å². The van der Waals surface area contributed by atoms with Crippen molar-refractivity contribution >= 4 is 17.3 Å². The van der Waals surface area contributed by atoms with Gasteiger partial charge in [0.15, 0.2) is 5.82 Å². The average Bonchev–Trinajstić information content (AvgIpc) is 2.48. The molecule has 0 spiro atoms. The highest BCUT2D eigenvalue weighted by Gasteiger charge is 2.08. The van der Waals surface area contributed by atoms with E-state index in [1.165, 1.54) is 6.07 Å². The first-order valence-electron chi connectivity index (χ1n) is 6.04. The summed E-state index contributed by atoms with van der Waals surface area (Å²) in [7, 11) is 3.18. The third-order valence-electron chi connectivity index (χ3n) is 2.91. The van der Waals surface area contributed by atoms with Crippen molar-refractivity contribution in [3.63, 3.8) is 0 Å². The molecule has 0 unspecified atom stereocenters. The highest BCUT2D eigenvalue weighted by molar-refractivity contribution is 6.31. The van der Waals surface area contributed by atoms with Crippen LogP contribution in [0.15, 0.2) is 36.4 Å². The van der Waals surface area contributed by atoms with E-state index < -0.39 is 5.82 Å². The molecule has 0 heterocycles. The van der Waals surface area contributed by atoms with Crippen molar-refractivity contribution in [3.8, 4) is 11.5 Å². The van der Waals surface area contributed by atoms with Gasteiger partial charge in [-0.25, -0.2) is 4.39 Å². The second kappa shape index (κ2) is 6.48. The molecule has 2 aromatic carbocycles. The van der Waals surface area contributed by atoms with Crippen LogP contribution in [-0.4, -0.2) is 14.2 Å². The summed E-state index contributed by atoms with van der Waals surface area (Å²) in [4.78, 5) is 0. The van der Waals surface area contributed by atoms with E-state index in [2.05, 4.69) is 5.32 Å². The standard InChI is InChI=1S/C15H15ClFNO2/c1-19-11-6-7-14(20-2)10(8-11)9-18-13-5-3-4-12(16)15(13)17/h3-8,18H,9H2,1-2H3. The van der Waals surface area contributed by atoms with Crippen LogP contribution < -0.4 is 14.8 Å². The van der Waals surface area contributed by atoms with Gasteiger partial charge >= 0.3 is 0 Å². The minimum Gasteiger partial charge on any atom is -0.497 e. The van der Waals surface area contributed by atoms with Crippen molar-refractivity contribution in [1.29, 1.82) is 0 Å². The highest BCUT2D eigenvalue weighted by Crippen LogP contribution is 2.26. The topological polar surface area (TPSA) is 30.5 Å². The van der Waals surface area contributed by atoms with Gasteiger partial charge in [0.05, 0.1) is 24.9 Å². The molecule has 106 valence electrons. The molecule has 0 aromatic heterocycles. The molecular formula is C15H15ClFNO2. The van der Waals surface area contributed by atoms with Gasteiger partial charge in [-0.2, -0.15) is 0 Å². The van der Waals surface area contributed by atoms with Crippen LogP contribution in [0.1, 0.15) is 5.56 Å². The number of hydrogen-bond acceptors (Lipinski definition) is 3. The zero-order valence-corrected chi connectivity index (χ0v) is 12.0. The average molecular weight is 296 g/mol. The number of benzene rings is 2. The molecule has 0 aliphatic heterocycles. The lowest BCUT2D eigenvalue weighted by Crippen LogP contribution is -2.04. The maximum absolute atomic E-state index is 13.8. The van der Waals surface area contributed by atoms with Crippen LogP contribution in [0.5, 0.6) is 11.5 Å². The lowest BCUT2D eigenvalue weighted by molar-refractivity contribution is 0.399. The number of anilines is 1. The van der Waals surface area contributed by atoms with Crippen LogP contribution in [0.4, 0.5) is 10.1 Å². The quantitative estimate of drug-likeness (QED) is 0.900. The molecule has 0 bridgehead atoms. The summed E-state index contributed by atoms with van der Waals surface area (Å²) in [5.41, 5.74) is 1.22. The molecule has 1 N–H and O–H groups in total. The summed E-state index contributed by atoms with van der Waals surface area (Å²) < 4.78 is 24.2. The molecular weight excluding hydrogens is 281 g/mol. The molecule has 20 heavy (non-hydrogen) atoms. The van der Waals surface area contributed by atoms with E-state index in [0.717, 1.165) is 5.56 Å². The maximum atomic E-state index is 13.8. The van der Waals surface area contributed by atoms with E-state index in [1.807, 2.05) is 18.2 Å². The van der Waals surface area contributed by atoms with Gasteiger partial charge in [0.2, 0.25) is 0 Å². The van der Waals surface area contributed by atoms with E-state index in [4.69, 9.17) is 21.1 Å². The lowest BCUT2D eigenvalue weighted by Gasteiger charge is -2.13. The van der Waals surface area contributed by atoms with Gasteiger partial charge in [-0.05, 0) is 30.3 Å². The molecule has 5 heteroatoms. The Balaban J connectivity index is 2.19. The Morgan fingerprint density at radius 1 is 1.15 bits per heavy atom. The van der Waals surface area contributed by atoms with E-state index in [-0.39, 0.29) is 5.02 Å². The maximum Gasteiger partial charge on any atom is 0.164 e. The van der Waals surface area contributed by atoms with Crippen molar-refractivity contribution < 1.29 is 13.9 Å². The van der Waals surface area contributed by atoms with Crippen molar-refractivity contribution in [2.75, 3.05) is 19.5 Å². The molecule has 0 amide bonds. The van der Waals surface area contributed by atoms with E-state index in [1.54, 1.807) is 26.4 Å². The van der Waals surface area contributed by atoms with Gasteiger partial charge < -0.3 is 14.8 Å². The van der Waals surface area contributed by atoms with Gasteiger partial charge in [-0.3, -0.25) is 0 Å². The molecule has 0 saturated heterocycles. The summed E-state index contributed by atoms with van der Waals surface area (Å²) >= 11 is 5.74. The van der Waals surface area contributed by atoms with E-state index >= 15 is 0 Å². The van der Waals surface area contributed by atoms with Gasteiger partial charge in [0.25, 0.3) is 0 Å². The summed E-state index contributed by atoms with van der Waals surface area (Å²) in [6.07, 6.45) is 0. The summed E-state index contributed by atoms with van der Waals surface area (Å²) in [6.45, 7) is 0.400. The summed E-state index contributed by atoms with van der Waals surface area (Å²) in [5.74, 6) is 0.964. The second-order valence-electron chi connectivity index (χ2n) is 4.13. The summed E-state index contributed by atoms with van der Waals surface area (Å²) in [6, 6.07) is 10.3. The Labute approximate surface area is 122 Å². The minimum atomic E-state index is -0.462. The molecule has 2 aromatic rings. The van der Waals surface area contributed by atoms with Crippen LogP contribution in [-0.2, 0) is 6.54 Å². The zero-order valence-electron chi connectivity index (χ0n) is 11.2. The monoisotopic (exact) mass is 295 g/mol. The molecule has 0 aliphatic carbocycles. The fourth-order valence-corrected chi connectivity index (χ4v) is 2.03. The van der Waals surface area contributed by atoms with Gasteiger partial charge in [-0.1, -0.05) is 17.7 Å². The third kappa shape index (κ3) is 3.14. The van der Waals surface area contributed by atoms with Gasteiger partial charge in [0.1, 0.15) is 11.5 Å². The molecule has 0 aliphatic rings. The predicted octanol–water partition coefficient (Wildman–Crippen LogP) is 4.11. The van der Waals surface area contributed by atoms with Crippen LogP contribution in [0.3, 0.4) is 0 Å². The Kier molecular flexibility index (Phi) is 4.69. The Bertz CT molecular complexity index is 604. The van der Waals surface area contributed by atoms with Crippen LogP contribution in [0, 0.1) is 5.82 Å². The molecule has 0 radical (unpaired) electrons. The Hall–Kier alpha value is -1.94. The fraction of sp³-hybridized carbons (Fsp3) is 0.200. The first-order valence-corrected chi connectivity index (χ1v) is 6.42. The van der Waals surface area contributed by atoms with Crippen LogP contribution in [0.25, 0.3) is 0 Å². The molecule has 0 saturated carbocycles. The molecule has 0 atom stereocenters. The Morgan fingerprint density at radius 3 is 2.65 bits per heavy atom. The molecule has 0 fully saturated rings. The minimum absolute atomic E-state index is 0.0904. The fourth-order valence-electron chi connectivity index (χ4n) is 1.85. The SMILES string of the molecule is COc1ccc(OC)c(CNc2cccc(Cl)c2F)c1. The van der Waals surface area contributed by atoms with E-state index in [0.29, 0.717) is 23.7 Å². The number of nitrogens with one attached hydrogen (secondary N) is 1.